The Labute approximate surface area is 96.9 Å². The lowest BCUT2D eigenvalue weighted by atomic mass is 10.2. The molecule has 3 heterocycles. The number of nitrogen functional groups attached to an aromatic ring is 1. The van der Waals surface area contributed by atoms with Crippen LogP contribution in [0.5, 0.6) is 0 Å². The molecular weight excluding hydrogens is 224 g/mol. The molecule has 17 heavy (non-hydrogen) atoms. The molecule has 7 heteroatoms. The maximum atomic E-state index is 11.9. The van der Waals surface area contributed by atoms with Crippen molar-refractivity contribution in [3.05, 3.63) is 11.8 Å². The van der Waals surface area contributed by atoms with Crippen LogP contribution in [0.3, 0.4) is 0 Å². The number of H-pyrrole nitrogens is 1. The zero-order valence-electron chi connectivity index (χ0n) is 9.05. The van der Waals surface area contributed by atoms with Gasteiger partial charge in [0.25, 0.3) is 11.8 Å². The molecule has 0 spiro atoms. The number of nitrogens with two attached hydrogens (primary N) is 1. The first kappa shape index (κ1) is 10.3. The number of hydrogen-bond donors (Lipinski definition) is 2. The Morgan fingerprint density at radius 1 is 1.41 bits per heavy atom. The number of amides is 2. The van der Waals surface area contributed by atoms with E-state index in [1.54, 1.807) is 0 Å². The Hall–Kier alpha value is -1.89. The van der Waals surface area contributed by atoms with E-state index in [2.05, 4.69) is 10.2 Å². The highest BCUT2D eigenvalue weighted by molar-refractivity contribution is 6.02. The van der Waals surface area contributed by atoms with Crippen molar-refractivity contribution in [1.82, 2.24) is 15.1 Å². The van der Waals surface area contributed by atoms with Gasteiger partial charge in [-0.1, -0.05) is 0 Å². The van der Waals surface area contributed by atoms with Gasteiger partial charge >= 0.3 is 0 Å². The normalized spacial score (nSPS) is 27.9. The molecule has 2 amide bonds. The highest BCUT2D eigenvalue weighted by Gasteiger charge is 2.46. The topological polar surface area (TPSA) is 101 Å². The van der Waals surface area contributed by atoms with E-state index in [-0.39, 0.29) is 18.4 Å². The number of aromatic nitrogens is 2. The highest BCUT2D eigenvalue weighted by Crippen LogP contribution is 2.29. The lowest BCUT2D eigenvalue weighted by Crippen LogP contribution is -2.51. The number of morpholine rings is 1. The van der Waals surface area contributed by atoms with Crippen molar-refractivity contribution in [3.8, 4) is 0 Å². The van der Waals surface area contributed by atoms with Crippen LogP contribution in [0.1, 0.15) is 18.4 Å². The fraction of sp³-hybridized carbons (Fsp3) is 0.500. The molecule has 0 saturated carbocycles. The van der Waals surface area contributed by atoms with Crippen LogP contribution >= 0.6 is 0 Å². The lowest BCUT2D eigenvalue weighted by Gasteiger charge is -2.29. The largest absolute Gasteiger partial charge is 0.384 e. The molecule has 2 aliphatic rings. The summed E-state index contributed by atoms with van der Waals surface area (Å²) < 4.78 is 5.31. The molecule has 2 aliphatic heterocycles. The average molecular weight is 236 g/mol. The molecule has 3 N–H and O–H groups in total. The van der Waals surface area contributed by atoms with Crippen molar-refractivity contribution in [2.24, 2.45) is 0 Å². The van der Waals surface area contributed by atoms with Crippen molar-refractivity contribution in [2.75, 3.05) is 5.73 Å². The van der Waals surface area contributed by atoms with Gasteiger partial charge in [-0.15, -0.1) is 0 Å². The summed E-state index contributed by atoms with van der Waals surface area (Å²) in [4.78, 5) is 25.1. The van der Waals surface area contributed by atoms with Gasteiger partial charge in [0.15, 0.2) is 0 Å². The van der Waals surface area contributed by atoms with Crippen LogP contribution < -0.4 is 5.73 Å². The molecular formula is C10H12N4O3. The smallest absolute Gasteiger partial charge is 0.258 e. The second kappa shape index (κ2) is 3.56. The van der Waals surface area contributed by atoms with E-state index in [1.807, 2.05) is 0 Å². The number of imide groups is 1. The zero-order valence-corrected chi connectivity index (χ0v) is 9.05. The van der Waals surface area contributed by atoms with Gasteiger partial charge in [-0.2, -0.15) is 5.10 Å². The average Bonchev–Trinajstić information content (AvgIpc) is 2.90. The summed E-state index contributed by atoms with van der Waals surface area (Å²) in [7, 11) is 0. The Morgan fingerprint density at radius 2 is 2.06 bits per heavy atom. The van der Waals surface area contributed by atoms with Crippen molar-refractivity contribution < 1.29 is 14.3 Å². The number of rotatable bonds is 2. The van der Waals surface area contributed by atoms with Gasteiger partial charge in [-0.3, -0.25) is 19.6 Å². The summed E-state index contributed by atoms with van der Waals surface area (Å²) in [5.41, 5.74) is 6.28. The Morgan fingerprint density at radius 3 is 2.59 bits per heavy atom. The minimum atomic E-state index is -0.467. The van der Waals surface area contributed by atoms with E-state index in [0.717, 1.165) is 0 Å². The first-order chi connectivity index (χ1) is 8.16. The van der Waals surface area contributed by atoms with Crippen molar-refractivity contribution in [2.45, 2.75) is 31.6 Å². The summed E-state index contributed by atoms with van der Waals surface area (Å²) >= 11 is 0. The fourth-order valence-corrected chi connectivity index (χ4v) is 2.23. The number of nitrogens with one attached hydrogen (secondary N) is 1. The van der Waals surface area contributed by atoms with E-state index >= 15 is 0 Å². The molecule has 2 unspecified atom stereocenters. The van der Waals surface area contributed by atoms with Gasteiger partial charge in [0, 0.05) is 5.56 Å². The van der Waals surface area contributed by atoms with Gasteiger partial charge in [-0.05, 0) is 12.8 Å². The van der Waals surface area contributed by atoms with Crippen LogP contribution in [0.15, 0.2) is 6.20 Å². The SMILES string of the molecule is Nc1[nH]ncc1CN1C(=O)C2CCC(O2)C1=O. The van der Waals surface area contributed by atoms with Gasteiger partial charge in [0.05, 0.1) is 12.7 Å². The quantitative estimate of drug-likeness (QED) is 0.668. The number of nitrogens with zero attached hydrogens (tertiary/aromatic N) is 2. The number of fused-ring (bicyclic) bond motifs is 2. The number of carbonyl (C=O) groups excluding carboxylic acids is 2. The summed E-state index contributed by atoms with van der Waals surface area (Å²) in [5, 5.41) is 6.33. The van der Waals surface area contributed by atoms with Gasteiger partial charge in [-0.25, -0.2) is 0 Å². The van der Waals surface area contributed by atoms with Gasteiger partial charge in [0.2, 0.25) is 0 Å². The van der Waals surface area contributed by atoms with Crippen LogP contribution in [0, 0.1) is 0 Å². The summed E-state index contributed by atoms with van der Waals surface area (Å²) in [5.74, 6) is -0.168. The maximum absolute atomic E-state index is 11.9. The lowest BCUT2D eigenvalue weighted by molar-refractivity contribution is -0.169. The van der Waals surface area contributed by atoms with E-state index in [0.29, 0.717) is 24.2 Å². The maximum Gasteiger partial charge on any atom is 0.258 e. The Kier molecular flexibility index (Phi) is 2.15. The molecule has 0 aliphatic carbocycles. The summed E-state index contributed by atoms with van der Waals surface area (Å²) in [6.07, 6.45) is 1.82. The Balaban J connectivity index is 1.85. The van der Waals surface area contributed by atoms with Crippen LogP contribution in [-0.2, 0) is 20.9 Å². The molecule has 7 nitrogen and oxygen atoms in total. The molecule has 2 bridgehead atoms. The highest BCUT2D eigenvalue weighted by atomic mass is 16.5. The molecule has 90 valence electrons. The van der Waals surface area contributed by atoms with Crippen molar-refractivity contribution in [3.63, 3.8) is 0 Å². The van der Waals surface area contributed by atoms with Gasteiger partial charge in [0.1, 0.15) is 18.0 Å². The van der Waals surface area contributed by atoms with Crippen LogP contribution in [-0.4, -0.2) is 39.1 Å². The van der Waals surface area contributed by atoms with Crippen LogP contribution in [0.2, 0.25) is 0 Å². The van der Waals surface area contributed by atoms with Gasteiger partial charge < -0.3 is 10.5 Å². The minimum Gasteiger partial charge on any atom is -0.384 e. The zero-order chi connectivity index (χ0) is 12.0. The van der Waals surface area contributed by atoms with Crippen molar-refractivity contribution in [1.29, 1.82) is 0 Å². The summed E-state index contributed by atoms with van der Waals surface area (Å²) in [6.45, 7) is 0.163. The van der Waals surface area contributed by atoms with E-state index in [9.17, 15) is 9.59 Å². The molecule has 0 radical (unpaired) electrons. The molecule has 3 rings (SSSR count). The molecule has 1 aromatic heterocycles. The predicted octanol–water partition coefficient (Wildman–Crippen LogP) is -0.592. The second-order valence-electron chi connectivity index (χ2n) is 4.26. The molecule has 2 saturated heterocycles. The number of carbonyl (C=O) groups is 2. The number of hydrogen-bond acceptors (Lipinski definition) is 5. The number of ether oxygens (including phenoxy) is 1. The first-order valence-corrected chi connectivity index (χ1v) is 5.45. The predicted molar refractivity (Wildman–Crippen MR) is 56.5 cm³/mol. The summed E-state index contributed by atoms with van der Waals surface area (Å²) in [6, 6.07) is 0. The standard InChI is InChI=1S/C10H12N4O3/c11-8-5(3-12-13-8)4-14-9(15)6-1-2-7(17-6)10(14)16/h3,6-7H,1-2,4H2,(H3,11,12,13). The molecule has 1 aromatic rings. The monoisotopic (exact) mass is 236 g/mol. The van der Waals surface area contributed by atoms with E-state index in [1.165, 1.54) is 11.1 Å². The Bertz CT molecular complexity index is 462. The fourth-order valence-electron chi connectivity index (χ4n) is 2.23. The molecule has 2 atom stereocenters. The minimum absolute atomic E-state index is 0.163. The third-order valence-corrected chi connectivity index (χ3v) is 3.18. The van der Waals surface area contributed by atoms with E-state index in [4.69, 9.17) is 10.5 Å². The molecule has 0 aromatic carbocycles. The van der Waals surface area contributed by atoms with Crippen LogP contribution in [0.4, 0.5) is 5.82 Å². The van der Waals surface area contributed by atoms with E-state index < -0.39 is 12.2 Å². The van der Waals surface area contributed by atoms with Crippen molar-refractivity contribution >= 4 is 17.6 Å². The third kappa shape index (κ3) is 1.50. The number of likely N-dealkylation sites (tertiary alicyclic amines) is 1. The number of aromatic amines is 1. The third-order valence-electron chi connectivity index (χ3n) is 3.18. The first-order valence-electron chi connectivity index (χ1n) is 5.45. The molecule has 2 fully saturated rings. The second-order valence-corrected chi connectivity index (χ2v) is 4.26. The van der Waals surface area contributed by atoms with Crippen LogP contribution in [0.25, 0.3) is 0 Å². The number of anilines is 1.